The van der Waals surface area contributed by atoms with E-state index in [1.165, 1.54) is 5.56 Å². The molecule has 130 valence electrons. The molecular formula is C17H21N7O. The lowest BCUT2D eigenvalue weighted by molar-refractivity contribution is 0.0630. The average Bonchev–Trinajstić information content (AvgIpc) is 3.18. The number of hydrogen-bond donors (Lipinski definition) is 0. The quantitative estimate of drug-likeness (QED) is 0.703. The molecule has 1 saturated heterocycles. The van der Waals surface area contributed by atoms with Crippen molar-refractivity contribution in [2.45, 2.75) is 13.5 Å². The van der Waals surface area contributed by atoms with E-state index in [9.17, 15) is 4.79 Å². The zero-order chi connectivity index (χ0) is 17.4. The number of aryl methyl sites for hydroxylation is 2. The van der Waals surface area contributed by atoms with Gasteiger partial charge >= 0.3 is 0 Å². The van der Waals surface area contributed by atoms with Crippen molar-refractivity contribution in [3.63, 3.8) is 0 Å². The average molecular weight is 339 g/mol. The van der Waals surface area contributed by atoms with Crippen LogP contribution in [0.1, 0.15) is 21.6 Å². The van der Waals surface area contributed by atoms with Crippen LogP contribution >= 0.6 is 0 Å². The molecule has 25 heavy (non-hydrogen) atoms. The summed E-state index contributed by atoms with van der Waals surface area (Å²) >= 11 is 0. The maximum absolute atomic E-state index is 12.8. The monoisotopic (exact) mass is 339 g/mol. The Morgan fingerprint density at radius 3 is 2.76 bits per heavy atom. The lowest BCUT2D eigenvalue weighted by Crippen LogP contribution is -2.48. The number of rotatable bonds is 3. The van der Waals surface area contributed by atoms with Crippen molar-refractivity contribution in [1.82, 2.24) is 34.2 Å². The zero-order valence-corrected chi connectivity index (χ0v) is 14.5. The van der Waals surface area contributed by atoms with Crippen LogP contribution < -0.4 is 0 Å². The van der Waals surface area contributed by atoms with Crippen molar-refractivity contribution in [1.29, 1.82) is 0 Å². The van der Waals surface area contributed by atoms with Gasteiger partial charge < -0.3 is 4.90 Å². The van der Waals surface area contributed by atoms with Gasteiger partial charge in [-0.1, -0.05) is 0 Å². The predicted octanol–water partition coefficient (Wildman–Crippen LogP) is 0.729. The van der Waals surface area contributed by atoms with Crippen molar-refractivity contribution in [2.75, 3.05) is 26.2 Å². The van der Waals surface area contributed by atoms with Crippen molar-refractivity contribution in [2.24, 2.45) is 7.05 Å². The molecule has 0 spiro atoms. The number of fused-ring (bicyclic) bond motifs is 1. The third-order valence-corrected chi connectivity index (χ3v) is 4.68. The van der Waals surface area contributed by atoms with Crippen LogP contribution in [0.4, 0.5) is 0 Å². The normalized spacial score (nSPS) is 15.8. The minimum Gasteiger partial charge on any atom is -0.336 e. The van der Waals surface area contributed by atoms with Crippen LogP contribution in [0.25, 0.3) is 5.65 Å². The van der Waals surface area contributed by atoms with Crippen LogP contribution in [0.3, 0.4) is 0 Å². The summed E-state index contributed by atoms with van der Waals surface area (Å²) in [5.41, 5.74) is 3.49. The Labute approximate surface area is 145 Å². The van der Waals surface area contributed by atoms with Crippen molar-refractivity contribution >= 4 is 11.6 Å². The summed E-state index contributed by atoms with van der Waals surface area (Å²) < 4.78 is 3.48. The minimum absolute atomic E-state index is 0.00547. The van der Waals surface area contributed by atoms with Gasteiger partial charge in [-0.05, 0) is 13.0 Å². The molecule has 1 fully saturated rings. The molecule has 0 atom stereocenters. The Bertz CT molecular complexity index is 905. The molecule has 4 heterocycles. The molecule has 0 radical (unpaired) electrons. The molecule has 1 aliphatic heterocycles. The molecule has 0 aromatic carbocycles. The Morgan fingerprint density at radius 1 is 1.24 bits per heavy atom. The van der Waals surface area contributed by atoms with Crippen LogP contribution in [0, 0.1) is 6.92 Å². The van der Waals surface area contributed by atoms with E-state index in [0.717, 1.165) is 25.3 Å². The van der Waals surface area contributed by atoms with E-state index in [1.807, 2.05) is 23.6 Å². The molecule has 0 aliphatic carbocycles. The SMILES string of the molecule is Cc1nn(C)cc1CN1CCN(C(=O)c2cnn3cccnc23)CC1. The highest BCUT2D eigenvalue weighted by atomic mass is 16.2. The molecule has 1 aliphatic rings. The van der Waals surface area contributed by atoms with Crippen molar-refractivity contribution < 1.29 is 4.79 Å². The van der Waals surface area contributed by atoms with Gasteiger partial charge in [0.25, 0.3) is 5.91 Å². The lowest BCUT2D eigenvalue weighted by Gasteiger charge is -2.34. The minimum atomic E-state index is 0.00547. The Kier molecular flexibility index (Phi) is 3.96. The van der Waals surface area contributed by atoms with E-state index in [1.54, 1.807) is 29.2 Å². The van der Waals surface area contributed by atoms with Crippen LogP contribution in [0.15, 0.2) is 30.9 Å². The number of carbonyl (C=O) groups excluding carboxylic acids is 1. The summed E-state index contributed by atoms with van der Waals surface area (Å²) in [4.78, 5) is 21.3. The van der Waals surface area contributed by atoms with Crippen molar-refractivity contribution in [3.8, 4) is 0 Å². The van der Waals surface area contributed by atoms with E-state index in [0.29, 0.717) is 24.3 Å². The van der Waals surface area contributed by atoms with Gasteiger partial charge in [0.15, 0.2) is 5.65 Å². The van der Waals surface area contributed by atoms with E-state index in [2.05, 4.69) is 26.3 Å². The van der Waals surface area contributed by atoms with E-state index < -0.39 is 0 Å². The molecule has 1 amide bonds. The number of hydrogen-bond acceptors (Lipinski definition) is 5. The van der Waals surface area contributed by atoms with Crippen LogP contribution in [-0.4, -0.2) is 66.3 Å². The van der Waals surface area contributed by atoms with Gasteiger partial charge in [0.1, 0.15) is 5.56 Å². The van der Waals surface area contributed by atoms with E-state index in [4.69, 9.17) is 0 Å². The second-order valence-corrected chi connectivity index (χ2v) is 6.43. The fourth-order valence-electron chi connectivity index (χ4n) is 3.30. The molecule has 0 saturated carbocycles. The largest absolute Gasteiger partial charge is 0.336 e. The highest BCUT2D eigenvalue weighted by molar-refractivity contribution is 5.99. The fourth-order valence-corrected chi connectivity index (χ4v) is 3.30. The number of carbonyl (C=O) groups is 1. The standard InChI is InChI=1S/C17H21N7O/c1-13-14(11-21(2)20-13)12-22-6-8-23(9-7-22)17(25)15-10-19-24-5-3-4-18-16(15)24/h3-5,10-11H,6-9,12H2,1-2H3. The number of aromatic nitrogens is 5. The maximum atomic E-state index is 12.8. The molecule has 8 heteroatoms. The second kappa shape index (κ2) is 6.29. The van der Waals surface area contributed by atoms with E-state index >= 15 is 0 Å². The molecule has 3 aromatic heterocycles. The maximum Gasteiger partial charge on any atom is 0.259 e. The molecular weight excluding hydrogens is 318 g/mol. The Morgan fingerprint density at radius 2 is 2.04 bits per heavy atom. The third-order valence-electron chi connectivity index (χ3n) is 4.68. The topological polar surface area (TPSA) is 71.6 Å². The summed E-state index contributed by atoms with van der Waals surface area (Å²) in [6.07, 6.45) is 7.16. The van der Waals surface area contributed by atoms with Crippen LogP contribution in [-0.2, 0) is 13.6 Å². The second-order valence-electron chi connectivity index (χ2n) is 6.43. The Hall–Kier alpha value is -2.74. The highest BCUT2D eigenvalue weighted by Crippen LogP contribution is 2.15. The molecule has 8 nitrogen and oxygen atoms in total. The first-order valence-corrected chi connectivity index (χ1v) is 8.41. The summed E-state index contributed by atoms with van der Waals surface area (Å²) in [6.45, 7) is 6.04. The van der Waals surface area contributed by atoms with E-state index in [-0.39, 0.29) is 5.91 Å². The molecule has 0 unspecified atom stereocenters. The summed E-state index contributed by atoms with van der Waals surface area (Å²) in [5, 5.41) is 8.60. The predicted molar refractivity (Wildman–Crippen MR) is 92.1 cm³/mol. The first-order valence-electron chi connectivity index (χ1n) is 8.41. The van der Waals surface area contributed by atoms with Gasteiger partial charge in [-0.15, -0.1) is 0 Å². The zero-order valence-electron chi connectivity index (χ0n) is 14.5. The lowest BCUT2D eigenvalue weighted by atomic mass is 10.2. The Balaban J connectivity index is 1.41. The summed E-state index contributed by atoms with van der Waals surface area (Å²) in [7, 11) is 1.94. The van der Waals surface area contributed by atoms with Gasteiger partial charge in [0.05, 0.1) is 11.9 Å². The number of amides is 1. The van der Waals surface area contributed by atoms with Gasteiger partial charge in [0.2, 0.25) is 0 Å². The summed E-state index contributed by atoms with van der Waals surface area (Å²) in [6, 6.07) is 1.80. The first kappa shape index (κ1) is 15.8. The highest BCUT2D eigenvalue weighted by Gasteiger charge is 2.25. The number of piperazine rings is 1. The molecule has 3 aromatic rings. The third kappa shape index (κ3) is 3.00. The molecule has 4 rings (SSSR count). The fraction of sp³-hybridized carbons (Fsp3) is 0.412. The molecule has 0 bridgehead atoms. The number of nitrogens with zero attached hydrogens (tertiary/aromatic N) is 7. The smallest absolute Gasteiger partial charge is 0.259 e. The van der Waals surface area contributed by atoms with Gasteiger partial charge in [-0.2, -0.15) is 10.2 Å². The van der Waals surface area contributed by atoms with Gasteiger partial charge in [0, 0.05) is 63.9 Å². The summed E-state index contributed by atoms with van der Waals surface area (Å²) in [5.74, 6) is 0.00547. The van der Waals surface area contributed by atoms with Crippen molar-refractivity contribution in [3.05, 3.63) is 47.7 Å². The van der Waals surface area contributed by atoms with Gasteiger partial charge in [-0.3, -0.25) is 14.4 Å². The van der Waals surface area contributed by atoms with Gasteiger partial charge in [-0.25, -0.2) is 9.50 Å². The van der Waals surface area contributed by atoms with Crippen LogP contribution in [0.5, 0.6) is 0 Å². The first-order chi connectivity index (χ1) is 12.1. The van der Waals surface area contributed by atoms with Crippen LogP contribution in [0.2, 0.25) is 0 Å². The molecule has 0 N–H and O–H groups in total.